The monoisotopic (exact) mass is 245 g/mol. The van der Waals surface area contributed by atoms with Gasteiger partial charge in [0.15, 0.2) is 0 Å². The van der Waals surface area contributed by atoms with E-state index in [-0.39, 0.29) is 0 Å². The lowest BCUT2D eigenvalue weighted by atomic mass is 9.88. The van der Waals surface area contributed by atoms with E-state index in [4.69, 9.17) is 4.74 Å². The number of hydrogen-bond donors (Lipinski definition) is 1. The first-order valence-electron chi connectivity index (χ1n) is 6.89. The smallest absolute Gasteiger partial charge is 0.0591 e. The summed E-state index contributed by atoms with van der Waals surface area (Å²) in [5.74, 6) is 0. The summed E-state index contributed by atoms with van der Waals surface area (Å²) in [6, 6.07) is 9.40. The van der Waals surface area contributed by atoms with Gasteiger partial charge in [0.05, 0.1) is 13.2 Å². The van der Waals surface area contributed by atoms with Crippen LogP contribution in [0.1, 0.15) is 24.0 Å². The number of nitrogens with one attached hydrogen (secondary N) is 1. The SMILES string of the molecule is C=CCCOCCNC1CCc2ccccc2C1. The molecule has 1 N–H and O–H groups in total. The summed E-state index contributed by atoms with van der Waals surface area (Å²) in [6.45, 7) is 6.21. The second-order valence-corrected chi connectivity index (χ2v) is 4.85. The Labute approximate surface area is 110 Å². The molecule has 0 radical (unpaired) electrons. The summed E-state index contributed by atoms with van der Waals surface area (Å²) in [4.78, 5) is 0. The Morgan fingerprint density at radius 1 is 1.28 bits per heavy atom. The molecule has 0 amide bonds. The maximum absolute atomic E-state index is 5.50. The van der Waals surface area contributed by atoms with Crippen molar-refractivity contribution in [1.82, 2.24) is 5.32 Å². The molecule has 1 atom stereocenters. The van der Waals surface area contributed by atoms with E-state index < -0.39 is 0 Å². The highest BCUT2D eigenvalue weighted by molar-refractivity contribution is 5.30. The Kier molecular flexibility index (Phi) is 5.43. The summed E-state index contributed by atoms with van der Waals surface area (Å²) in [7, 11) is 0. The van der Waals surface area contributed by atoms with Crippen LogP contribution in [0.15, 0.2) is 36.9 Å². The van der Waals surface area contributed by atoms with E-state index in [9.17, 15) is 0 Å². The molecule has 18 heavy (non-hydrogen) atoms. The van der Waals surface area contributed by atoms with Gasteiger partial charge in [0.25, 0.3) is 0 Å². The van der Waals surface area contributed by atoms with Gasteiger partial charge >= 0.3 is 0 Å². The molecule has 2 heteroatoms. The minimum atomic E-state index is 0.614. The van der Waals surface area contributed by atoms with Gasteiger partial charge < -0.3 is 10.1 Å². The Hall–Kier alpha value is -1.12. The van der Waals surface area contributed by atoms with Crippen molar-refractivity contribution in [3.63, 3.8) is 0 Å². The minimum absolute atomic E-state index is 0.614. The Morgan fingerprint density at radius 2 is 2.11 bits per heavy atom. The fraction of sp³-hybridized carbons (Fsp3) is 0.500. The van der Waals surface area contributed by atoms with Crippen molar-refractivity contribution in [2.45, 2.75) is 31.7 Å². The Bertz CT molecular complexity index is 375. The molecule has 2 rings (SSSR count). The molecule has 1 aliphatic carbocycles. The molecule has 0 aromatic heterocycles. The maximum atomic E-state index is 5.50. The maximum Gasteiger partial charge on any atom is 0.0591 e. The number of benzene rings is 1. The number of rotatable bonds is 7. The molecule has 98 valence electrons. The first-order chi connectivity index (χ1) is 8.90. The third kappa shape index (κ3) is 3.97. The second kappa shape index (κ2) is 7.34. The highest BCUT2D eigenvalue weighted by Gasteiger charge is 2.16. The second-order valence-electron chi connectivity index (χ2n) is 4.85. The fourth-order valence-electron chi connectivity index (χ4n) is 2.48. The van der Waals surface area contributed by atoms with Crippen LogP contribution in [0.3, 0.4) is 0 Å². The number of ether oxygens (including phenoxy) is 1. The number of hydrogen-bond acceptors (Lipinski definition) is 2. The van der Waals surface area contributed by atoms with Gasteiger partial charge in [-0.2, -0.15) is 0 Å². The zero-order valence-electron chi connectivity index (χ0n) is 11.0. The number of aryl methyl sites for hydroxylation is 1. The molecule has 0 heterocycles. The third-order valence-corrected chi connectivity index (χ3v) is 3.49. The van der Waals surface area contributed by atoms with Crippen LogP contribution in [-0.4, -0.2) is 25.8 Å². The van der Waals surface area contributed by atoms with E-state index >= 15 is 0 Å². The van der Waals surface area contributed by atoms with Gasteiger partial charge in [-0.1, -0.05) is 30.3 Å². The van der Waals surface area contributed by atoms with Crippen molar-refractivity contribution in [3.8, 4) is 0 Å². The van der Waals surface area contributed by atoms with Crippen molar-refractivity contribution in [2.75, 3.05) is 19.8 Å². The first-order valence-corrected chi connectivity index (χ1v) is 6.89. The lowest BCUT2D eigenvalue weighted by molar-refractivity contribution is 0.137. The summed E-state index contributed by atoms with van der Waals surface area (Å²) >= 11 is 0. The molecular formula is C16H23NO. The summed E-state index contributed by atoms with van der Waals surface area (Å²) in [5.41, 5.74) is 3.03. The van der Waals surface area contributed by atoms with Crippen molar-refractivity contribution >= 4 is 0 Å². The predicted molar refractivity (Wildman–Crippen MR) is 75.9 cm³/mol. The summed E-state index contributed by atoms with van der Waals surface area (Å²) in [6.07, 6.45) is 6.43. The molecule has 0 bridgehead atoms. The fourth-order valence-corrected chi connectivity index (χ4v) is 2.48. The van der Waals surface area contributed by atoms with Crippen molar-refractivity contribution in [3.05, 3.63) is 48.0 Å². The van der Waals surface area contributed by atoms with E-state index in [1.54, 1.807) is 0 Å². The van der Waals surface area contributed by atoms with Gasteiger partial charge in [0, 0.05) is 12.6 Å². The molecule has 1 aromatic rings. The van der Waals surface area contributed by atoms with Crippen LogP contribution in [0.25, 0.3) is 0 Å². The van der Waals surface area contributed by atoms with Crippen LogP contribution in [0.5, 0.6) is 0 Å². The van der Waals surface area contributed by atoms with Gasteiger partial charge in [-0.3, -0.25) is 0 Å². The van der Waals surface area contributed by atoms with Crippen LogP contribution in [-0.2, 0) is 17.6 Å². The van der Waals surface area contributed by atoms with Crippen LogP contribution < -0.4 is 5.32 Å². The van der Waals surface area contributed by atoms with Crippen LogP contribution >= 0.6 is 0 Å². The van der Waals surface area contributed by atoms with Crippen molar-refractivity contribution < 1.29 is 4.74 Å². The van der Waals surface area contributed by atoms with Gasteiger partial charge in [-0.05, 0) is 36.8 Å². The largest absolute Gasteiger partial charge is 0.380 e. The quantitative estimate of drug-likeness (QED) is 0.589. The molecule has 0 aliphatic heterocycles. The zero-order valence-corrected chi connectivity index (χ0v) is 11.0. The average molecular weight is 245 g/mol. The predicted octanol–water partition coefficient (Wildman–Crippen LogP) is 2.73. The molecule has 1 aliphatic rings. The summed E-state index contributed by atoms with van der Waals surface area (Å²) < 4.78 is 5.50. The molecule has 1 unspecified atom stereocenters. The van der Waals surface area contributed by atoms with Gasteiger partial charge in [-0.15, -0.1) is 6.58 Å². The topological polar surface area (TPSA) is 21.3 Å². The lowest BCUT2D eigenvalue weighted by Gasteiger charge is -2.25. The Balaban J connectivity index is 1.65. The van der Waals surface area contributed by atoms with Crippen LogP contribution in [0, 0.1) is 0 Å². The molecule has 0 saturated heterocycles. The number of fused-ring (bicyclic) bond motifs is 1. The van der Waals surface area contributed by atoms with Crippen LogP contribution in [0.2, 0.25) is 0 Å². The molecule has 2 nitrogen and oxygen atoms in total. The minimum Gasteiger partial charge on any atom is -0.380 e. The van der Waals surface area contributed by atoms with E-state index in [1.165, 1.54) is 24.0 Å². The van der Waals surface area contributed by atoms with E-state index in [1.807, 2.05) is 6.08 Å². The highest BCUT2D eigenvalue weighted by atomic mass is 16.5. The lowest BCUT2D eigenvalue weighted by Crippen LogP contribution is -2.36. The summed E-state index contributed by atoms with van der Waals surface area (Å²) in [5, 5.41) is 3.59. The standard InChI is InChI=1S/C16H23NO/c1-2-3-11-18-12-10-17-16-9-8-14-6-4-5-7-15(14)13-16/h2,4-7,16-17H,1,3,8-13H2. The van der Waals surface area contributed by atoms with Gasteiger partial charge in [0.1, 0.15) is 0 Å². The van der Waals surface area contributed by atoms with E-state index in [0.717, 1.165) is 32.6 Å². The van der Waals surface area contributed by atoms with Gasteiger partial charge in [0.2, 0.25) is 0 Å². The normalized spacial score (nSPS) is 18.3. The zero-order chi connectivity index (χ0) is 12.6. The molecule has 0 spiro atoms. The highest BCUT2D eigenvalue weighted by Crippen LogP contribution is 2.20. The van der Waals surface area contributed by atoms with Crippen molar-refractivity contribution in [1.29, 1.82) is 0 Å². The first kappa shape index (κ1) is 13.3. The molecule has 0 fully saturated rings. The van der Waals surface area contributed by atoms with Crippen molar-refractivity contribution in [2.24, 2.45) is 0 Å². The van der Waals surface area contributed by atoms with Crippen LogP contribution in [0.4, 0.5) is 0 Å². The van der Waals surface area contributed by atoms with Gasteiger partial charge in [-0.25, -0.2) is 0 Å². The van der Waals surface area contributed by atoms with E-state index in [0.29, 0.717) is 6.04 Å². The average Bonchev–Trinajstić information content (AvgIpc) is 2.42. The molecule has 0 saturated carbocycles. The van der Waals surface area contributed by atoms with E-state index in [2.05, 4.69) is 36.2 Å². The third-order valence-electron chi connectivity index (χ3n) is 3.49. The Morgan fingerprint density at radius 3 is 2.94 bits per heavy atom. The molecule has 1 aromatic carbocycles. The molecular weight excluding hydrogens is 222 g/mol.